The number of pyridine rings is 1. The smallest absolute Gasteiger partial charge is 0.133 e. The lowest BCUT2D eigenvalue weighted by Crippen LogP contribution is -2.30. The molecule has 3 heteroatoms. The van der Waals surface area contributed by atoms with Gasteiger partial charge in [0, 0.05) is 23.8 Å². The van der Waals surface area contributed by atoms with E-state index in [0.29, 0.717) is 17.2 Å². The van der Waals surface area contributed by atoms with Crippen LogP contribution in [0.25, 0.3) is 0 Å². The molecule has 2 heterocycles. The fourth-order valence-corrected chi connectivity index (χ4v) is 2.63. The van der Waals surface area contributed by atoms with E-state index in [1.807, 2.05) is 6.07 Å². The van der Waals surface area contributed by atoms with Crippen molar-refractivity contribution >= 4 is 11.6 Å². The van der Waals surface area contributed by atoms with Gasteiger partial charge in [-0.2, -0.15) is 0 Å². The monoisotopic (exact) mass is 224 g/mol. The van der Waals surface area contributed by atoms with E-state index in [9.17, 15) is 0 Å². The van der Waals surface area contributed by atoms with E-state index in [2.05, 4.69) is 29.8 Å². The second-order valence-electron chi connectivity index (χ2n) is 4.37. The zero-order valence-electron chi connectivity index (χ0n) is 9.28. The van der Waals surface area contributed by atoms with Gasteiger partial charge in [0.2, 0.25) is 0 Å². The van der Waals surface area contributed by atoms with Crippen molar-refractivity contribution in [1.82, 2.24) is 9.88 Å². The molecule has 15 heavy (non-hydrogen) atoms. The molecule has 1 atom stereocenters. The molecule has 0 saturated carbocycles. The predicted molar refractivity (Wildman–Crippen MR) is 63.1 cm³/mol. The Hall–Kier alpha value is -0.600. The summed E-state index contributed by atoms with van der Waals surface area (Å²) >= 11 is 6.14. The summed E-state index contributed by atoms with van der Waals surface area (Å²) in [5, 5.41) is 0.662. The van der Waals surface area contributed by atoms with Crippen molar-refractivity contribution in [2.24, 2.45) is 0 Å². The van der Waals surface area contributed by atoms with Crippen LogP contribution in [0.2, 0.25) is 5.15 Å². The maximum atomic E-state index is 6.14. The predicted octanol–water partition coefficient (Wildman–Crippen LogP) is 3.28. The molecule has 0 spiro atoms. The highest BCUT2D eigenvalue weighted by Gasteiger charge is 2.29. The van der Waals surface area contributed by atoms with Gasteiger partial charge in [-0.05, 0) is 39.3 Å². The first-order valence-corrected chi connectivity index (χ1v) is 5.94. The van der Waals surface area contributed by atoms with E-state index in [-0.39, 0.29) is 0 Å². The van der Waals surface area contributed by atoms with Crippen LogP contribution < -0.4 is 0 Å². The molecule has 0 N–H and O–H groups in total. The van der Waals surface area contributed by atoms with E-state index < -0.39 is 0 Å². The largest absolute Gasteiger partial charge is 0.294 e. The Morgan fingerprint density at radius 3 is 3.00 bits per heavy atom. The van der Waals surface area contributed by atoms with Gasteiger partial charge in [0.1, 0.15) is 5.15 Å². The minimum atomic E-state index is 0.464. The Bertz CT molecular complexity index is 338. The lowest BCUT2D eigenvalue weighted by molar-refractivity contribution is 0.205. The molecule has 1 aromatic rings. The number of hydrogen-bond donors (Lipinski definition) is 0. The van der Waals surface area contributed by atoms with Crippen LogP contribution in [0.5, 0.6) is 0 Å². The highest BCUT2D eigenvalue weighted by molar-refractivity contribution is 6.30. The number of aromatic nitrogens is 1. The molecule has 82 valence electrons. The summed E-state index contributed by atoms with van der Waals surface area (Å²) in [6.45, 7) is 5.65. The third kappa shape index (κ3) is 2.16. The number of halogens is 1. The Labute approximate surface area is 96.3 Å². The zero-order valence-corrected chi connectivity index (χ0v) is 10.0. The van der Waals surface area contributed by atoms with Crippen LogP contribution in [0.4, 0.5) is 0 Å². The first kappa shape index (κ1) is 10.9. The fraction of sp³-hybridized carbons (Fsp3) is 0.583. The highest BCUT2D eigenvalue weighted by atomic mass is 35.5. The van der Waals surface area contributed by atoms with Crippen LogP contribution in [0.3, 0.4) is 0 Å². The molecule has 2 rings (SSSR count). The van der Waals surface area contributed by atoms with Crippen LogP contribution in [0, 0.1) is 0 Å². The first-order chi connectivity index (χ1) is 7.20. The summed E-state index contributed by atoms with van der Waals surface area (Å²) in [5.41, 5.74) is 1.19. The van der Waals surface area contributed by atoms with E-state index in [4.69, 9.17) is 11.6 Å². The van der Waals surface area contributed by atoms with Crippen molar-refractivity contribution < 1.29 is 0 Å². The molecule has 0 aliphatic carbocycles. The molecule has 1 aromatic heterocycles. The zero-order chi connectivity index (χ0) is 10.8. The van der Waals surface area contributed by atoms with E-state index >= 15 is 0 Å². The average Bonchev–Trinajstić information content (AvgIpc) is 2.67. The molecule has 0 radical (unpaired) electrons. The summed E-state index contributed by atoms with van der Waals surface area (Å²) in [4.78, 5) is 6.66. The number of hydrogen-bond acceptors (Lipinski definition) is 2. The third-order valence-corrected chi connectivity index (χ3v) is 3.42. The quantitative estimate of drug-likeness (QED) is 0.717. The standard InChI is InChI=1S/C12H17ClN2/c1-9(2)15-8-4-6-11(15)10-5-3-7-14-12(10)13/h3,5,7,9,11H,4,6,8H2,1-2H3/t11-/m0/s1. The first-order valence-electron chi connectivity index (χ1n) is 5.56. The van der Waals surface area contributed by atoms with Crippen molar-refractivity contribution in [3.05, 3.63) is 29.0 Å². The van der Waals surface area contributed by atoms with Gasteiger partial charge < -0.3 is 0 Å². The Kier molecular flexibility index (Phi) is 3.27. The van der Waals surface area contributed by atoms with Gasteiger partial charge in [-0.15, -0.1) is 0 Å². The van der Waals surface area contributed by atoms with Gasteiger partial charge in [-0.25, -0.2) is 4.98 Å². The van der Waals surface area contributed by atoms with E-state index in [1.54, 1.807) is 6.20 Å². The van der Waals surface area contributed by atoms with Crippen molar-refractivity contribution in [2.45, 2.75) is 38.8 Å². The molecule has 1 aliphatic rings. The lowest BCUT2D eigenvalue weighted by Gasteiger charge is -2.28. The van der Waals surface area contributed by atoms with Gasteiger partial charge in [0.15, 0.2) is 0 Å². The molecule has 0 amide bonds. The third-order valence-electron chi connectivity index (χ3n) is 3.10. The van der Waals surface area contributed by atoms with Crippen LogP contribution in [0.15, 0.2) is 18.3 Å². The number of nitrogens with zero attached hydrogens (tertiary/aromatic N) is 2. The van der Waals surface area contributed by atoms with Gasteiger partial charge in [0.05, 0.1) is 0 Å². The maximum Gasteiger partial charge on any atom is 0.133 e. The second-order valence-corrected chi connectivity index (χ2v) is 4.73. The highest BCUT2D eigenvalue weighted by Crippen LogP contribution is 2.35. The topological polar surface area (TPSA) is 16.1 Å². The van der Waals surface area contributed by atoms with Crippen LogP contribution in [0.1, 0.15) is 38.3 Å². The molecule has 1 fully saturated rings. The van der Waals surface area contributed by atoms with Gasteiger partial charge in [0.25, 0.3) is 0 Å². The Balaban J connectivity index is 2.27. The molecular weight excluding hydrogens is 208 g/mol. The SMILES string of the molecule is CC(C)N1CCC[C@H]1c1cccnc1Cl. The Morgan fingerprint density at radius 2 is 2.33 bits per heavy atom. The van der Waals surface area contributed by atoms with Crippen LogP contribution in [-0.4, -0.2) is 22.5 Å². The van der Waals surface area contributed by atoms with E-state index in [1.165, 1.54) is 24.9 Å². The van der Waals surface area contributed by atoms with Gasteiger partial charge in [-0.1, -0.05) is 17.7 Å². The van der Waals surface area contributed by atoms with Gasteiger partial charge in [-0.3, -0.25) is 4.90 Å². The summed E-state index contributed by atoms with van der Waals surface area (Å²) in [7, 11) is 0. The molecule has 0 bridgehead atoms. The van der Waals surface area contributed by atoms with Crippen molar-refractivity contribution in [2.75, 3.05) is 6.54 Å². The second kappa shape index (κ2) is 4.50. The maximum absolute atomic E-state index is 6.14. The number of likely N-dealkylation sites (tertiary alicyclic amines) is 1. The normalized spacial score (nSPS) is 22.5. The molecule has 0 aromatic carbocycles. The van der Waals surface area contributed by atoms with Crippen molar-refractivity contribution in [3.63, 3.8) is 0 Å². The van der Waals surface area contributed by atoms with Crippen molar-refractivity contribution in [3.8, 4) is 0 Å². The number of rotatable bonds is 2. The molecule has 1 saturated heterocycles. The lowest BCUT2D eigenvalue weighted by atomic mass is 10.1. The van der Waals surface area contributed by atoms with E-state index in [0.717, 1.165) is 0 Å². The summed E-state index contributed by atoms with van der Waals surface area (Å²) in [6.07, 6.45) is 4.21. The summed E-state index contributed by atoms with van der Waals surface area (Å²) in [5.74, 6) is 0. The van der Waals surface area contributed by atoms with Crippen LogP contribution >= 0.6 is 11.6 Å². The minimum Gasteiger partial charge on any atom is -0.294 e. The summed E-state index contributed by atoms with van der Waals surface area (Å²) < 4.78 is 0. The van der Waals surface area contributed by atoms with Crippen molar-refractivity contribution in [1.29, 1.82) is 0 Å². The Morgan fingerprint density at radius 1 is 1.53 bits per heavy atom. The van der Waals surface area contributed by atoms with Crippen LogP contribution in [-0.2, 0) is 0 Å². The minimum absolute atomic E-state index is 0.464. The fourth-order valence-electron chi connectivity index (χ4n) is 2.39. The molecule has 2 nitrogen and oxygen atoms in total. The molecule has 0 unspecified atom stereocenters. The molecule has 1 aliphatic heterocycles. The summed E-state index contributed by atoms with van der Waals surface area (Å²) in [6, 6.07) is 5.11. The average molecular weight is 225 g/mol. The van der Waals surface area contributed by atoms with Gasteiger partial charge >= 0.3 is 0 Å². The molecular formula is C12H17ClN2.